The summed E-state index contributed by atoms with van der Waals surface area (Å²) in [4.78, 5) is 44.6. The summed E-state index contributed by atoms with van der Waals surface area (Å²) in [6.07, 6.45) is 0. The molecule has 0 fully saturated rings. The molecule has 166 valence electrons. The molecule has 0 bridgehead atoms. The number of H-pyrrole nitrogens is 1. The highest BCUT2D eigenvalue weighted by Crippen LogP contribution is 2.47. The van der Waals surface area contributed by atoms with Gasteiger partial charge < -0.3 is 23.6 Å². The molecule has 0 saturated carbocycles. The van der Waals surface area contributed by atoms with Gasteiger partial charge in [0.15, 0.2) is 17.2 Å². The van der Waals surface area contributed by atoms with Crippen molar-refractivity contribution in [3.05, 3.63) is 85.8 Å². The Labute approximate surface area is 186 Å². The number of para-hydroxylation sites is 1. The Morgan fingerprint density at radius 1 is 1.09 bits per heavy atom. The van der Waals surface area contributed by atoms with Crippen molar-refractivity contribution in [2.75, 3.05) is 7.11 Å². The van der Waals surface area contributed by atoms with Crippen LogP contribution < -0.4 is 25.4 Å². The van der Waals surface area contributed by atoms with Crippen LogP contribution in [0.1, 0.15) is 35.4 Å². The fourth-order valence-corrected chi connectivity index (χ4v) is 4.07. The van der Waals surface area contributed by atoms with E-state index in [1.54, 1.807) is 49.4 Å². The Morgan fingerprint density at radius 2 is 1.88 bits per heavy atom. The van der Waals surface area contributed by atoms with Crippen LogP contribution in [0.3, 0.4) is 0 Å². The third kappa shape index (κ3) is 3.34. The lowest BCUT2D eigenvalue weighted by atomic mass is 9.84. The normalized spacial score (nSPS) is 14.2. The highest BCUT2D eigenvalue weighted by atomic mass is 16.6. The van der Waals surface area contributed by atoms with Crippen molar-refractivity contribution < 1.29 is 23.4 Å². The molecule has 1 N–H and O–H groups in total. The van der Waals surface area contributed by atoms with Crippen LogP contribution >= 0.6 is 0 Å². The van der Waals surface area contributed by atoms with Gasteiger partial charge in [-0.2, -0.15) is 4.98 Å². The number of hydrogen-bond acceptors (Lipinski definition) is 8. The molecule has 2 aromatic carbocycles. The van der Waals surface area contributed by atoms with Crippen LogP contribution in [0.2, 0.25) is 0 Å². The molecule has 1 aliphatic heterocycles. The second-order valence-corrected chi connectivity index (χ2v) is 7.54. The number of benzene rings is 2. The molecule has 0 radical (unpaired) electrons. The smallest absolute Gasteiger partial charge is 0.344 e. The van der Waals surface area contributed by atoms with Gasteiger partial charge in [-0.25, -0.2) is 4.79 Å². The summed E-state index contributed by atoms with van der Waals surface area (Å²) < 4.78 is 22.2. The van der Waals surface area contributed by atoms with E-state index in [2.05, 4.69) is 9.97 Å². The number of aromatic nitrogens is 2. The largest absolute Gasteiger partial charge is 0.493 e. The van der Waals surface area contributed by atoms with Crippen molar-refractivity contribution in [1.82, 2.24) is 9.97 Å². The first kappa shape index (κ1) is 20.5. The fourth-order valence-electron chi connectivity index (χ4n) is 4.07. The van der Waals surface area contributed by atoms with Gasteiger partial charge in [-0.15, -0.1) is 0 Å². The number of methoxy groups -OCH3 is 1. The first-order valence-corrected chi connectivity index (χ1v) is 10.1. The lowest BCUT2D eigenvalue weighted by molar-refractivity contribution is -0.132. The van der Waals surface area contributed by atoms with Gasteiger partial charge >= 0.3 is 11.6 Å². The number of carbonyl (C=O) groups excluding carboxylic acids is 1. The van der Waals surface area contributed by atoms with Gasteiger partial charge in [0.1, 0.15) is 11.4 Å². The number of nitrogens with zero attached hydrogens (tertiary/aromatic N) is 1. The van der Waals surface area contributed by atoms with Crippen molar-refractivity contribution in [2.45, 2.75) is 19.8 Å². The number of ether oxygens (including phenoxy) is 3. The predicted molar refractivity (Wildman–Crippen MR) is 117 cm³/mol. The Bertz CT molecular complexity index is 1550. The molecule has 2 aromatic heterocycles. The number of carbonyl (C=O) groups is 1. The first-order valence-electron chi connectivity index (χ1n) is 10.1. The van der Waals surface area contributed by atoms with E-state index in [0.717, 1.165) is 0 Å². The molecule has 9 nitrogen and oxygen atoms in total. The molecule has 1 aliphatic rings. The molecule has 0 spiro atoms. The number of hydrogen-bond donors (Lipinski definition) is 1. The van der Waals surface area contributed by atoms with Crippen LogP contribution in [0.15, 0.2) is 56.5 Å². The summed E-state index contributed by atoms with van der Waals surface area (Å²) in [7, 11) is 1.43. The molecule has 1 atom stereocenters. The fraction of sp³-hybridized carbons (Fsp3) is 0.167. The van der Waals surface area contributed by atoms with Crippen LogP contribution in [0.4, 0.5) is 0 Å². The molecule has 0 saturated heterocycles. The molecule has 0 amide bonds. The summed E-state index contributed by atoms with van der Waals surface area (Å²) in [5, 5.41) is 0.575. The van der Waals surface area contributed by atoms with Crippen LogP contribution in [-0.4, -0.2) is 23.0 Å². The molecule has 0 aliphatic carbocycles. The highest BCUT2D eigenvalue weighted by molar-refractivity contribution is 5.86. The average Bonchev–Trinajstić information content (AvgIpc) is 2.77. The van der Waals surface area contributed by atoms with E-state index >= 15 is 0 Å². The summed E-state index contributed by atoms with van der Waals surface area (Å²) in [5.41, 5.74) is 0.142. The summed E-state index contributed by atoms with van der Waals surface area (Å²) in [6, 6.07) is 11.8. The quantitative estimate of drug-likeness (QED) is 0.254. The van der Waals surface area contributed by atoms with E-state index in [9.17, 15) is 14.4 Å². The van der Waals surface area contributed by atoms with E-state index in [4.69, 9.17) is 18.6 Å². The van der Waals surface area contributed by atoms with Crippen LogP contribution in [0, 0.1) is 6.92 Å². The van der Waals surface area contributed by atoms with E-state index in [0.29, 0.717) is 22.4 Å². The molecule has 33 heavy (non-hydrogen) atoms. The maximum atomic E-state index is 13.1. The zero-order chi connectivity index (χ0) is 23.3. The van der Waals surface area contributed by atoms with Gasteiger partial charge in [0, 0.05) is 6.92 Å². The number of aromatic amines is 1. The maximum absolute atomic E-state index is 13.1. The molecule has 0 unspecified atom stereocenters. The lowest BCUT2D eigenvalue weighted by Gasteiger charge is -2.27. The Morgan fingerprint density at radius 3 is 2.64 bits per heavy atom. The van der Waals surface area contributed by atoms with E-state index in [1.165, 1.54) is 14.0 Å². The third-order valence-electron chi connectivity index (χ3n) is 5.39. The molecular formula is C24H18N2O7. The Balaban J connectivity index is 1.83. The average molecular weight is 446 g/mol. The van der Waals surface area contributed by atoms with Crippen LogP contribution in [-0.2, 0) is 4.79 Å². The van der Waals surface area contributed by atoms with Gasteiger partial charge in [0.2, 0.25) is 5.88 Å². The van der Waals surface area contributed by atoms with Crippen molar-refractivity contribution in [2.24, 2.45) is 0 Å². The zero-order valence-electron chi connectivity index (χ0n) is 17.9. The monoisotopic (exact) mass is 446 g/mol. The van der Waals surface area contributed by atoms with Crippen molar-refractivity contribution in [3.63, 3.8) is 0 Å². The third-order valence-corrected chi connectivity index (χ3v) is 5.39. The van der Waals surface area contributed by atoms with E-state index in [1.807, 2.05) is 0 Å². The topological polar surface area (TPSA) is 121 Å². The molecule has 4 aromatic rings. The highest BCUT2D eigenvalue weighted by Gasteiger charge is 2.37. The SMILES string of the molecule is COc1cc([C@H]2c3c(nc(C)[nH]c3=O)Oc3c2c(=O)oc2ccccc32)ccc1OC(C)=O. The Hall–Kier alpha value is -4.40. The van der Waals surface area contributed by atoms with Gasteiger partial charge in [0.25, 0.3) is 5.56 Å². The van der Waals surface area contributed by atoms with Gasteiger partial charge in [-0.1, -0.05) is 18.2 Å². The van der Waals surface area contributed by atoms with Gasteiger partial charge in [0.05, 0.1) is 29.5 Å². The number of aryl methyl sites for hydroxylation is 1. The van der Waals surface area contributed by atoms with Gasteiger partial charge in [-0.3, -0.25) is 9.59 Å². The molecular weight excluding hydrogens is 428 g/mol. The standard InChI is InChI=1S/C24H18N2O7/c1-11-25-22(28)20-18(13-8-9-16(31-12(2)27)17(10-13)30-3)19-21(33-23(20)26-11)14-6-4-5-7-15(14)32-24(19)29/h4-10,18H,1-3H3,(H,25,26,28)/t18-/m1/s1. The number of nitrogens with one attached hydrogen (secondary N) is 1. The van der Waals surface area contributed by atoms with Crippen molar-refractivity contribution >= 4 is 16.9 Å². The number of esters is 1. The van der Waals surface area contributed by atoms with Crippen LogP contribution in [0.5, 0.6) is 23.1 Å². The van der Waals surface area contributed by atoms with Crippen molar-refractivity contribution in [3.8, 4) is 23.1 Å². The zero-order valence-corrected chi connectivity index (χ0v) is 17.9. The van der Waals surface area contributed by atoms with Crippen molar-refractivity contribution in [1.29, 1.82) is 0 Å². The number of rotatable bonds is 3. The number of fused-ring (bicyclic) bond motifs is 4. The summed E-state index contributed by atoms with van der Waals surface area (Å²) >= 11 is 0. The molecule has 3 heterocycles. The van der Waals surface area contributed by atoms with E-state index in [-0.39, 0.29) is 34.3 Å². The van der Waals surface area contributed by atoms with E-state index < -0.39 is 23.1 Å². The summed E-state index contributed by atoms with van der Waals surface area (Å²) in [5.74, 6) is -0.141. The first-order chi connectivity index (χ1) is 15.9. The predicted octanol–water partition coefficient (Wildman–Crippen LogP) is 3.40. The molecule has 5 rings (SSSR count). The van der Waals surface area contributed by atoms with Crippen LogP contribution in [0.25, 0.3) is 11.0 Å². The molecule has 9 heteroatoms. The maximum Gasteiger partial charge on any atom is 0.344 e. The van der Waals surface area contributed by atoms with Gasteiger partial charge in [-0.05, 0) is 36.8 Å². The minimum Gasteiger partial charge on any atom is -0.493 e. The Kier molecular flexibility index (Phi) is 4.74. The minimum atomic E-state index is -0.860. The lowest BCUT2D eigenvalue weighted by Crippen LogP contribution is -2.28. The second-order valence-electron chi connectivity index (χ2n) is 7.54. The summed E-state index contributed by atoms with van der Waals surface area (Å²) in [6.45, 7) is 2.92. The minimum absolute atomic E-state index is 0.104. The second kappa shape index (κ2) is 7.63.